The van der Waals surface area contributed by atoms with Crippen molar-refractivity contribution in [3.8, 4) is 0 Å². The highest BCUT2D eigenvalue weighted by atomic mass is 16.1. The Kier molecular flexibility index (Phi) is 2.17. The van der Waals surface area contributed by atoms with Crippen molar-refractivity contribution < 1.29 is 4.79 Å². The molecule has 16 heavy (non-hydrogen) atoms. The van der Waals surface area contributed by atoms with E-state index in [1.54, 1.807) is 0 Å². The minimum absolute atomic E-state index is 0.0268. The first kappa shape index (κ1) is 10.1. The first-order valence-corrected chi connectivity index (χ1v) is 6.31. The minimum atomic E-state index is 0.0268. The molecule has 2 aliphatic rings. The van der Waals surface area contributed by atoms with Crippen LogP contribution in [0, 0.1) is 5.41 Å². The van der Waals surface area contributed by atoms with Gasteiger partial charge in [-0.1, -0.05) is 25.1 Å². The summed E-state index contributed by atoms with van der Waals surface area (Å²) in [5, 5.41) is 0. The molecule has 1 saturated carbocycles. The average Bonchev–Trinajstić information content (AvgIpc) is 2.87. The van der Waals surface area contributed by atoms with Gasteiger partial charge >= 0.3 is 0 Å². The number of hydrogen-bond donors (Lipinski definition) is 0. The Morgan fingerprint density at radius 2 is 2.00 bits per heavy atom. The molecule has 1 nitrogen and oxygen atoms in total. The van der Waals surface area contributed by atoms with E-state index in [0.29, 0.717) is 12.2 Å². The highest BCUT2D eigenvalue weighted by molar-refractivity contribution is 5.88. The van der Waals surface area contributed by atoms with Crippen LogP contribution in [-0.4, -0.2) is 5.78 Å². The number of Topliss-reactive ketones (excluding diaryl/α,β-unsaturated/α-hetero) is 1. The molecule has 0 bridgehead atoms. The molecule has 1 aromatic rings. The van der Waals surface area contributed by atoms with E-state index in [-0.39, 0.29) is 5.41 Å². The Labute approximate surface area is 96.9 Å². The molecule has 0 amide bonds. The zero-order valence-corrected chi connectivity index (χ0v) is 9.88. The second-order valence-corrected chi connectivity index (χ2v) is 5.62. The van der Waals surface area contributed by atoms with Crippen LogP contribution in [0.1, 0.15) is 42.9 Å². The summed E-state index contributed by atoms with van der Waals surface area (Å²) in [5.74, 6) is 0.436. The quantitative estimate of drug-likeness (QED) is 0.755. The molecule has 0 unspecified atom stereocenters. The van der Waals surface area contributed by atoms with Crippen molar-refractivity contribution in [3.05, 3.63) is 34.9 Å². The largest absolute Gasteiger partial charge is 0.299 e. The molecule has 0 N–H and O–H groups in total. The first-order chi connectivity index (χ1) is 7.67. The normalized spacial score (nSPS) is 20.6. The summed E-state index contributed by atoms with van der Waals surface area (Å²) in [6.45, 7) is 2.10. The smallest absolute Gasteiger partial charge is 0.143 e. The predicted molar refractivity (Wildman–Crippen MR) is 64.5 cm³/mol. The molecule has 0 saturated heterocycles. The van der Waals surface area contributed by atoms with Crippen LogP contribution in [-0.2, 0) is 24.1 Å². The fourth-order valence-electron chi connectivity index (χ4n) is 2.60. The van der Waals surface area contributed by atoms with Gasteiger partial charge in [-0.25, -0.2) is 0 Å². The summed E-state index contributed by atoms with van der Waals surface area (Å²) in [6, 6.07) is 6.62. The van der Waals surface area contributed by atoms with Crippen molar-refractivity contribution in [1.29, 1.82) is 0 Å². The SMILES string of the molecule is CC1(C(=O)Cc2ccc3c(c2)CCC3)CC1. The first-order valence-electron chi connectivity index (χ1n) is 6.31. The Morgan fingerprint density at radius 3 is 2.75 bits per heavy atom. The van der Waals surface area contributed by atoms with Gasteiger partial charge in [0.25, 0.3) is 0 Å². The molecule has 0 atom stereocenters. The Morgan fingerprint density at radius 1 is 1.25 bits per heavy atom. The van der Waals surface area contributed by atoms with Gasteiger partial charge in [0.15, 0.2) is 0 Å². The molecular formula is C15H18O. The molecule has 1 heteroatoms. The lowest BCUT2D eigenvalue weighted by Gasteiger charge is -2.08. The van der Waals surface area contributed by atoms with Crippen LogP contribution in [0.4, 0.5) is 0 Å². The maximum absolute atomic E-state index is 12.0. The van der Waals surface area contributed by atoms with E-state index in [1.165, 1.54) is 36.0 Å². The van der Waals surface area contributed by atoms with Gasteiger partial charge in [0.1, 0.15) is 5.78 Å². The van der Waals surface area contributed by atoms with Crippen LogP contribution in [0.3, 0.4) is 0 Å². The maximum atomic E-state index is 12.0. The van der Waals surface area contributed by atoms with Gasteiger partial charge in [-0.3, -0.25) is 4.79 Å². The third-order valence-corrected chi connectivity index (χ3v) is 4.20. The highest BCUT2D eigenvalue weighted by Gasteiger charge is 2.43. The van der Waals surface area contributed by atoms with Gasteiger partial charge in [-0.15, -0.1) is 0 Å². The second-order valence-electron chi connectivity index (χ2n) is 5.62. The fraction of sp³-hybridized carbons (Fsp3) is 0.533. The maximum Gasteiger partial charge on any atom is 0.143 e. The number of carbonyl (C=O) groups is 1. The van der Waals surface area contributed by atoms with Crippen LogP contribution in [0.15, 0.2) is 18.2 Å². The number of ketones is 1. The van der Waals surface area contributed by atoms with Crippen molar-refractivity contribution in [2.45, 2.75) is 45.4 Å². The van der Waals surface area contributed by atoms with Gasteiger partial charge in [-0.05, 0) is 48.8 Å². The number of aryl methyl sites for hydroxylation is 2. The van der Waals surface area contributed by atoms with Crippen LogP contribution < -0.4 is 0 Å². The topological polar surface area (TPSA) is 17.1 Å². The number of rotatable bonds is 3. The van der Waals surface area contributed by atoms with E-state index in [9.17, 15) is 4.79 Å². The third-order valence-electron chi connectivity index (χ3n) is 4.20. The standard InChI is InChI=1S/C15H18O/c1-15(7-8-15)14(16)10-11-5-6-12-3-2-4-13(12)9-11/h5-6,9H,2-4,7-8,10H2,1H3. The number of fused-ring (bicyclic) bond motifs is 1. The van der Waals surface area contributed by atoms with Gasteiger partial charge in [-0.2, -0.15) is 0 Å². The van der Waals surface area contributed by atoms with Crippen molar-refractivity contribution >= 4 is 5.78 Å². The summed E-state index contributed by atoms with van der Waals surface area (Å²) in [5.41, 5.74) is 4.22. The lowest BCUT2D eigenvalue weighted by Crippen LogP contribution is -2.14. The molecule has 0 heterocycles. The van der Waals surface area contributed by atoms with E-state index in [4.69, 9.17) is 0 Å². The predicted octanol–water partition coefficient (Wildman–Crippen LogP) is 3.09. The summed E-state index contributed by atoms with van der Waals surface area (Å²) < 4.78 is 0. The van der Waals surface area contributed by atoms with Crippen LogP contribution in [0.25, 0.3) is 0 Å². The number of carbonyl (C=O) groups excluding carboxylic acids is 1. The van der Waals surface area contributed by atoms with E-state index in [1.807, 2.05) is 0 Å². The highest BCUT2D eigenvalue weighted by Crippen LogP contribution is 2.46. The van der Waals surface area contributed by atoms with E-state index >= 15 is 0 Å². The third kappa shape index (κ3) is 1.68. The Hall–Kier alpha value is -1.11. The van der Waals surface area contributed by atoms with Crippen molar-refractivity contribution in [2.75, 3.05) is 0 Å². The summed E-state index contributed by atoms with van der Waals surface area (Å²) >= 11 is 0. The zero-order chi connectivity index (χ0) is 11.2. The molecule has 0 aliphatic heterocycles. The summed E-state index contributed by atoms with van der Waals surface area (Å²) in [6.07, 6.45) is 6.54. The van der Waals surface area contributed by atoms with Gasteiger partial charge < -0.3 is 0 Å². The monoisotopic (exact) mass is 214 g/mol. The van der Waals surface area contributed by atoms with E-state index in [2.05, 4.69) is 25.1 Å². The van der Waals surface area contributed by atoms with Gasteiger partial charge in [0.2, 0.25) is 0 Å². The van der Waals surface area contributed by atoms with Crippen LogP contribution in [0.2, 0.25) is 0 Å². The molecular weight excluding hydrogens is 196 g/mol. The molecule has 3 rings (SSSR count). The van der Waals surface area contributed by atoms with Crippen molar-refractivity contribution in [1.82, 2.24) is 0 Å². The summed E-state index contributed by atoms with van der Waals surface area (Å²) in [7, 11) is 0. The molecule has 0 spiro atoms. The second kappa shape index (κ2) is 3.44. The molecule has 2 aliphatic carbocycles. The molecule has 0 aromatic heterocycles. The average molecular weight is 214 g/mol. The van der Waals surface area contributed by atoms with Crippen molar-refractivity contribution in [3.63, 3.8) is 0 Å². The fourth-order valence-corrected chi connectivity index (χ4v) is 2.60. The lowest BCUT2D eigenvalue weighted by molar-refractivity contribution is -0.122. The number of benzene rings is 1. The number of hydrogen-bond acceptors (Lipinski definition) is 1. The van der Waals surface area contributed by atoms with Crippen LogP contribution >= 0.6 is 0 Å². The molecule has 0 radical (unpaired) electrons. The molecule has 1 aromatic carbocycles. The minimum Gasteiger partial charge on any atom is -0.299 e. The van der Waals surface area contributed by atoms with Crippen molar-refractivity contribution in [2.24, 2.45) is 5.41 Å². The van der Waals surface area contributed by atoms with Gasteiger partial charge in [0, 0.05) is 11.8 Å². The van der Waals surface area contributed by atoms with E-state index in [0.717, 1.165) is 12.8 Å². The zero-order valence-electron chi connectivity index (χ0n) is 9.88. The van der Waals surface area contributed by atoms with Gasteiger partial charge in [0.05, 0.1) is 0 Å². The Bertz CT molecular complexity index is 441. The summed E-state index contributed by atoms with van der Waals surface area (Å²) in [4.78, 5) is 12.0. The Balaban J connectivity index is 1.78. The van der Waals surface area contributed by atoms with Crippen LogP contribution in [0.5, 0.6) is 0 Å². The molecule has 84 valence electrons. The van der Waals surface area contributed by atoms with E-state index < -0.39 is 0 Å². The molecule has 1 fully saturated rings. The lowest BCUT2D eigenvalue weighted by atomic mass is 9.95.